The quantitative estimate of drug-likeness (QED) is 0.548. The minimum absolute atomic E-state index is 0.0511. The first-order valence-electron chi connectivity index (χ1n) is 5.83. The molecule has 0 saturated heterocycles. The van der Waals surface area contributed by atoms with Crippen molar-refractivity contribution in [2.75, 3.05) is 7.05 Å². The summed E-state index contributed by atoms with van der Waals surface area (Å²) in [6.07, 6.45) is -0.238. The SMILES string of the molecule is CN(Cc1cccc([N+](=O)[O-])c1)C(=O)C(N)CC(N)=O. The van der Waals surface area contributed by atoms with E-state index in [2.05, 4.69) is 0 Å². The molecular formula is C12H16N4O4. The van der Waals surface area contributed by atoms with Crippen molar-refractivity contribution in [3.05, 3.63) is 39.9 Å². The van der Waals surface area contributed by atoms with Gasteiger partial charge in [-0.3, -0.25) is 19.7 Å². The van der Waals surface area contributed by atoms with Crippen LogP contribution in [0, 0.1) is 10.1 Å². The second-order valence-corrected chi connectivity index (χ2v) is 4.40. The molecule has 1 unspecified atom stereocenters. The molecule has 4 N–H and O–H groups in total. The molecule has 0 saturated carbocycles. The van der Waals surface area contributed by atoms with Crippen molar-refractivity contribution in [2.45, 2.75) is 19.0 Å². The summed E-state index contributed by atoms with van der Waals surface area (Å²) < 4.78 is 0. The van der Waals surface area contributed by atoms with Crippen LogP contribution < -0.4 is 11.5 Å². The van der Waals surface area contributed by atoms with Crippen LogP contribution in [0.5, 0.6) is 0 Å². The second-order valence-electron chi connectivity index (χ2n) is 4.40. The Hall–Kier alpha value is -2.48. The Balaban J connectivity index is 2.72. The van der Waals surface area contributed by atoms with E-state index in [1.54, 1.807) is 6.07 Å². The van der Waals surface area contributed by atoms with E-state index in [0.717, 1.165) is 0 Å². The Kier molecular flexibility index (Phi) is 5.15. The number of non-ortho nitro benzene ring substituents is 1. The minimum atomic E-state index is -1.00. The molecule has 0 heterocycles. The number of primary amides is 1. The lowest BCUT2D eigenvalue weighted by molar-refractivity contribution is -0.384. The van der Waals surface area contributed by atoms with Crippen molar-refractivity contribution in [1.29, 1.82) is 0 Å². The Morgan fingerprint density at radius 2 is 2.10 bits per heavy atom. The van der Waals surface area contributed by atoms with Gasteiger partial charge in [-0.25, -0.2) is 0 Å². The highest BCUT2D eigenvalue weighted by atomic mass is 16.6. The maximum absolute atomic E-state index is 11.9. The van der Waals surface area contributed by atoms with Gasteiger partial charge in [0, 0.05) is 25.7 Å². The van der Waals surface area contributed by atoms with Gasteiger partial charge in [0.15, 0.2) is 0 Å². The van der Waals surface area contributed by atoms with Crippen LogP contribution in [0.25, 0.3) is 0 Å². The summed E-state index contributed by atoms with van der Waals surface area (Å²) in [6, 6.07) is 4.94. The predicted molar refractivity (Wildman–Crippen MR) is 71.4 cm³/mol. The molecule has 0 aliphatic carbocycles. The van der Waals surface area contributed by atoms with Gasteiger partial charge in [0.1, 0.15) is 0 Å². The van der Waals surface area contributed by atoms with Crippen LogP contribution >= 0.6 is 0 Å². The van der Waals surface area contributed by atoms with E-state index in [-0.39, 0.29) is 18.7 Å². The maximum atomic E-state index is 11.9. The molecule has 0 fully saturated rings. The van der Waals surface area contributed by atoms with Gasteiger partial charge in [0.05, 0.1) is 17.4 Å². The number of likely N-dealkylation sites (N-methyl/N-ethyl adjacent to an activating group) is 1. The standard InChI is InChI=1S/C12H16N4O4/c1-15(12(18)10(13)6-11(14)17)7-8-3-2-4-9(5-8)16(19)20/h2-5,10H,6-7,13H2,1H3,(H2,14,17). The fraction of sp³-hybridized carbons (Fsp3) is 0.333. The first-order chi connectivity index (χ1) is 9.31. The van der Waals surface area contributed by atoms with Crippen LogP contribution in [0.15, 0.2) is 24.3 Å². The number of benzene rings is 1. The van der Waals surface area contributed by atoms with Crippen molar-refractivity contribution in [3.8, 4) is 0 Å². The fourth-order valence-corrected chi connectivity index (χ4v) is 1.71. The lowest BCUT2D eigenvalue weighted by atomic mass is 10.1. The van der Waals surface area contributed by atoms with Crippen LogP contribution in [0.1, 0.15) is 12.0 Å². The number of nitrogens with zero attached hydrogens (tertiary/aromatic N) is 2. The highest BCUT2D eigenvalue weighted by molar-refractivity contribution is 5.87. The lowest BCUT2D eigenvalue weighted by Gasteiger charge is -2.20. The third kappa shape index (κ3) is 4.32. The van der Waals surface area contributed by atoms with Gasteiger partial charge in [-0.1, -0.05) is 12.1 Å². The zero-order valence-corrected chi connectivity index (χ0v) is 11.0. The normalized spacial score (nSPS) is 11.7. The summed E-state index contributed by atoms with van der Waals surface area (Å²) in [6.45, 7) is 0.160. The van der Waals surface area contributed by atoms with Crippen molar-refractivity contribution in [1.82, 2.24) is 4.90 Å². The molecule has 1 rings (SSSR count). The lowest BCUT2D eigenvalue weighted by Crippen LogP contribution is -2.43. The highest BCUT2D eigenvalue weighted by Gasteiger charge is 2.20. The number of rotatable bonds is 6. The molecule has 0 radical (unpaired) electrons. The smallest absolute Gasteiger partial charge is 0.269 e. The van der Waals surface area contributed by atoms with Gasteiger partial charge in [0.25, 0.3) is 5.69 Å². The molecule has 1 aromatic carbocycles. The molecule has 0 aliphatic rings. The number of hydrogen-bond acceptors (Lipinski definition) is 5. The van der Waals surface area contributed by atoms with Gasteiger partial charge in [-0.2, -0.15) is 0 Å². The summed E-state index contributed by atoms with van der Waals surface area (Å²) in [5, 5.41) is 10.7. The topological polar surface area (TPSA) is 133 Å². The van der Waals surface area contributed by atoms with Crippen molar-refractivity contribution in [2.24, 2.45) is 11.5 Å². The summed E-state index contributed by atoms with van der Waals surface area (Å²) in [5.41, 5.74) is 11.1. The van der Waals surface area contributed by atoms with Gasteiger partial charge < -0.3 is 16.4 Å². The molecule has 20 heavy (non-hydrogen) atoms. The number of carbonyl (C=O) groups is 2. The van der Waals surface area contributed by atoms with Gasteiger partial charge in [-0.05, 0) is 5.56 Å². The molecule has 1 atom stereocenters. The molecule has 0 aliphatic heterocycles. The third-order valence-electron chi connectivity index (χ3n) is 2.66. The van der Waals surface area contributed by atoms with E-state index in [0.29, 0.717) is 5.56 Å². The zero-order chi connectivity index (χ0) is 15.3. The summed E-state index contributed by atoms with van der Waals surface area (Å²) in [7, 11) is 1.50. The molecular weight excluding hydrogens is 264 g/mol. The third-order valence-corrected chi connectivity index (χ3v) is 2.66. The number of carbonyl (C=O) groups excluding carboxylic acids is 2. The van der Waals surface area contributed by atoms with Gasteiger partial charge >= 0.3 is 0 Å². The highest BCUT2D eigenvalue weighted by Crippen LogP contribution is 2.14. The van der Waals surface area contributed by atoms with E-state index < -0.39 is 22.8 Å². The minimum Gasteiger partial charge on any atom is -0.370 e. The number of amides is 2. The largest absolute Gasteiger partial charge is 0.370 e. The van der Waals surface area contributed by atoms with Crippen LogP contribution in [0.3, 0.4) is 0 Å². The fourth-order valence-electron chi connectivity index (χ4n) is 1.71. The van der Waals surface area contributed by atoms with Crippen molar-refractivity contribution >= 4 is 17.5 Å². The average molecular weight is 280 g/mol. The van der Waals surface area contributed by atoms with E-state index in [4.69, 9.17) is 11.5 Å². The van der Waals surface area contributed by atoms with E-state index in [1.165, 1.54) is 30.1 Å². The molecule has 1 aromatic rings. The summed E-state index contributed by atoms with van der Waals surface area (Å²) in [5.74, 6) is -1.11. The van der Waals surface area contributed by atoms with E-state index in [1.807, 2.05) is 0 Å². The first kappa shape index (κ1) is 15.6. The molecule has 108 valence electrons. The summed E-state index contributed by atoms with van der Waals surface area (Å²) in [4.78, 5) is 34.0. The predicted octanol–water partition coefficient (Wildman–Crippen LogP) is -0.244. The van der Waals surface area contributed by atoms with Crippen LogP contribution in [0.2, 0.25) is 0 Å². The van der Waals surface area contributed by atoms with Gasteiger partial charge in [-0.15, -0.1) is 0 Å². The number of nitro groups is 1. The second kappa shape index (κ2) is 6.62. The first-order valence-corrected chi connectivity index (χ1v) is 5.83. The van der Waals surface area contributed by atoms with E-state index in [9.17, 15) is 19.7 Å². The van der Waals surface area contributed by atoms with Crippen LogP contribution in [-0.2, 0) is 16.1 Å². The maximum Gasteiger partial charge on any atom is 0.269 e. The van der Waals surface area contributed by atoms with Crippen LogP contribution in [-0.4, -0.2) is 34.7 Å². The molecule has 0 spiro atoms. The average Bonchev–Trinajstić information content (AvgIpc) is 2.37. The number of nitrogens with two attached hydrogens (primary N) is 2. The molecule has 2 amide bonds. The number of nitro benzene ring substituents is 1. The van der Waals surface area contributed by atoms with Crippen molar-refractivity contribution < 1.29 is 14.5 Å². The number of hydrogen-bond donors (Lipinski definition) is 2. The zero-order valence-electron chi connectivity index (χ0n) is 11.0. The molecule has 8 nitrogen and oxygen atoms in total. The van der Waals surface area contributed by atoms with E-state index >= 15 is 0 Å². The Bertz CT molecular complexity index is 532. The Morgan fingerprint density at radius 3 is 2.65 bits per heavy atom. The van der Waals surface area contributed by atoms with Crippen molar-refractivity contribution in [3.63, 3.8) is 0 Å². The van der Waals surface area contributed by atoms with Crippen LogP contribution in [0.4, 0.5) is 5.69 Å². The molecule has 8 heteroatoms. The molecule has 0 aromatic heterocycles. The van der Waals surface area contributed by atoms with Gasteiger partial charge in [0.2, 0.25) is 11.8 Å². The Labute approximate surface area is 115 Å². The monoisotopic (exact) mass is 280 g/mol. The molecule has 0 bridgehead atoms. The summed E-state index contributed by atoms with van der Waals surface area (Å²) >= 11 is 0. The Morgan fingerprint density at radius 1 is 1.45 bits per heavy atom.